The molecule has 2 heterocycles. The summed E-state index contributed by atoms with van der Waals surface area (Å²) in [5, 5.41) is 7.54. The molecule has 1 N–H and O–H groups in total. The molecule has 2 rings (SSSR count). The molecule has 0 atom stereocenters. The van der Waals surface area contributed by atoms with Gasteiger partial charge >= 0.3 is 0 Å². The van der Waals surface area contributed by atoms with Crippen molar-refractivity contribution in [2.24, 2.45) is 7.05 Å². The molecule has 0 unspecified atom stereocenters. The van der Waals surface area contributed by atoms with Crippen molar-refractivity contribution in [3.63, 3.8) is 0 Å². The number of nitrogens with one attached hydrogen (secondary N) is 1. The molecule has 0 bridgehead atoms. The van der Waals surface area contributed by atoms with Crippen LogP contribution in [0.5, 0.6) is 5.75 Å². The second kappa shape index (κ2) is 5.03. The quantitative estimate of drug-likeness (QED) is 0.885. The molecular weight excluding hydrogens is 230 g/mol. The van der Waals surface area contributed by atoms with Gasteiger partial charge in [-0.3, -0.25) is 4.68 Å². The van der Waals surface area contributed by atoms with E-state index in [0.717, 1.165) is 11.4 Å². The molecule has 0 fully saturated rings. The lowest BCUT2D eigenvalue weighted by molar-refractivity contribution is 0.411. The summed E-state index contributed by atoms with van der Waals surface area (Å²) < 4.78 is 6.88. The van der Waals surface area contributed by atoms with Gasteiger partial charge in [0, 0.05) is 24.8 Å². The van der Waals surface area contributed by atoms with Crippen LogP contribution in [0.15, 0.2) is 12.4 Å². The molecule has 0 saturated carbocycles. The number of ether oxygens (including phenoxy) is 1. The molecule has 0 amide bonds. The SMILES string of the molecule is COc1cnc(NCc2c(C)nn(C)c2C)nc1. The summed E-state index contributed by atoms with van der Waals surface area (Å²) in [4.78, 5) is 8.31. The van der Waals surface area contributed by atoms with E-state index in [9.17, 15) is 0 Å². The van der Waals surface area contributed by atoms with Gasteiger partial charge in [0.25, 0.3) is 0 Å². The fraction of sp³-hybridized carbons (Fsp3) is 0.417. The number of anilines is 1. The van der Waals surface area contributed by atoms with E-state index >= 15 is 0 Å². The zero-order valence-electron chi connectivity index (χ0n) is 11.1. The van der Waals surface area contributed by atoms with E-state index in [1.54, 1.807) is 19.5 Å². The summed E-state index contributed by atoms with van der Waals surface area (Å²) in [6, 6.07) is 0. The molecule has 0 saturated heterocycles. The zero-order valence-corrected chi connectivity index (χ0v) is 11.1. The third-order valence-corrected chi connectivity index (χ3v) is 2.95. The van der Waals surface area contributed by atoms with Crippen molar-refractivity contribution in [2.45, 2.75) is 20.4 Å². The lowest BCUT2D eigenvalue weighted by atomic mass is 10.2. The minimum atomic E-state index is 0.582. The maximum atomic E-state index is 5.01. The van der Waals surface area contributed by atoms with Crippen molar-refractivity contribution >= 4 is 5.95 Å². The van der Waals surface area contributed by atoms with Crippen LogP contribution in [0, 0.1) is 13.8 Å². The number of aromatic nitrogens is 4. The Bertz CT molecular complexity index is 532. The van der Waals surface area contributed by atoms with Crippen LogP contribution in [0.3, 0.4) is 0 Å². The Kier molecular flexibility index (Phi) is 3.45. The van der Waals surface area contributed by atoms with Crippen molar-refractivity contribution in [1.82, 2.24) is 19.7 Å². The molecule has 0 aliphatic carbocycles. The highest BCUT2D eigenvalue weighted by molar-refractivity contribution is 5.32. The third-order valence-electron chi connectivity index (χ3n) is 2.95. The van der Waals surface area contributed by atoms with Crippen molar-refractivity contribution in [3.05, 3.63) is 29.3 Å². The van der Waals surface area contributed by atoms with Crippen LogP contribution in [0.2, 0.25) is 0 Å². The first-order chi connectivity index (χ1) is 8.61. The first-order valence-corrected chi connectivity index (χ1v) is 5.70. The van der Waals surface area contributed by atoms with Gasteiger partial charge in [0.2, 0.25) is 5.95 Å². The van der Waals surface area contributed by atoms with E-state index in [0.29, 0.717) is 18.2 Å². The smallest absolute Gasteiger partial charge is 0.223 e. The highest BCUT2D eigenvalue weighted by atomic mass is 16.5. The molecule has 18 heavy (non-hydrogen) atoms. The average Bonchev–Trinajstić information content (AvgIpc) is 2.62. The predicted octanol–water partition coefficient (Wildman–Crippen LogP) is 1.45. The van der Waals surface area contributed by atoms with Crippen LogP contribution in [0.1, 0.15) is 17.0 Å². The molecule has 0 aromatic carbocycles. The van der Waals surface area contributed by atoms with Gasteiger partial charge in [-0.15, -0.1) is 0 Å². The van der Waals surface area contributed by atoms with Crippen molar-refractivity contribution < 1.29 is 4.74 Å². The van der Waals surface area contributed by atoms with E-state index in [2.05, 4.69) is 20.4 Å². The number of rotatable bonds is 4. The zero-order chi connectivity index (χ0) is 13.1. The molecule has 0 aliphatic heterocycles. The third kappa shape index (κ3) is 2.42. The summed E-state index contributed by atoms with van der Waals surface area (Å²) in [7, 11) is 3.53. The normalized spacial score (nSPS) is 10.4. The highest BCUT2D eigenvalue weighted by Gasteiger charge is 2.09. The molecule has 96 valence electrons. The maximum Gasteiger partial charge on any atom is 0.223 e. The van der Waals surface area contributed by atoms with E-state index in [-0.39, 0.29) is 0 Å². The van der Waals surface area contributed by atoms with Crippen LogP contribution < -0.4 is 10.1 Å². The van der Waals surface area contributed by atoms with Crippen LogP contribution in [0.4, 0.5) is 5.95 Å². The fourth-order valence-corrected chi connectivity index (χ4v) is 1.75. The van der Waals surface area contributed by atoms with Crippen molar-refractivity contribution in [3.8, 4) is 5.75 Å². The summed E-state index contributed by atoms with van der Waals surface area (Å²) >= 11 is 0. The lowest BCUT2D eigenvalue weighted by Gasteiger charge is -2.05. The first-order valence-electron chi connectivity index (χ1n) is 5.70. The Morgan fingerprint density at radius 3 is 2.44 bits per heavy atom. The van der Waals surface area contributed by atoms with Gasteiger partial charge in [-0.1, -0.05) is 0 Å². The monoisotopic (exact) mass is 247 g/mol. The molecule has 2 aromatic heterocycles. The Balaban J connectivity index is 2.06. The van der Waals surface area contributed by atoms with Gasteiger partial charge in [-0.2, -0.15) is 5.10 Å². The van der Waals surface area contributed by atoms with Gasteiger partial charge in [0.1, 0.15) is 0 Å². The molecule has 2 aromatic rings. The van der Waals surface area contributed by atoms with E-state index < -0.39 is 0 Å². The van der Waals surface area contributed by atoms with E-state index in [1.807, 2.05) is 25.6 Å². The Labute approximate surface area is 106 Å². The number of nitrogens with zero attached hydrogens (tertiary/aromatic N) is 4. The van der Waals surface area contributed by atoms with Crippen LogP contribution in [0.25, 0.3) is 0 Å². The largest absolute Gasteiger partial charge is 0.494 e. The summed E-state index contributed by atoms with van der Waals surface area (Å²) in [6.07, 6.45) is 3.27. The minimum Gasteiger partial charge on any atom is -0.494 e. The van der Waals surface area contributed by atoms with Crippen LogP contribution in [-0.2, 0) is 13.6 Å². The highest BCUT2D eigenvalue weighted by Crippen LogP contribution is 2.14. The van der Waals surface area contributed by atoms with Gasteiger partial charge < -0.3 is 10.1 Å². The van der Waals surface area contributed by atoms with Crippen LogP contribution in [-0.4, -0.2) is 26.9 Å². The standard InChI is InChI=1S/C12H17N5O/c1-8-11(9(2)17(3)16-8)7-15-12-13-5-10(18-4)6-14-12/h5-6H,7H2,1-4H3,(H,13,14,15). The average molecular weight is 247 g/mol. The Hall–Kier alpha value is -2.11. The molecule has 0 radical (unpaired) electrons. The number of hydrogen-bond acceptors (Lipinski definition) is 5. The summed E-state index contributed by atoms with van der Waals surface area (Å²) in [5.41, 5.74) is 3.35. The summed E-state index contributed by atoms with van der Waals surface area (Å²) in [6.45, 7) is 4.71. The van der Waals surface area contributed by atoms with Gasteiger partial charge in [0.15, 0.2) is 5.75 Å². The van der Waals surface area contributed by atoms with Crippen molar-refractivity contribution in [1.29, 1.82) is 0 Å². The lowest BCUT2D eigenvalue weighted by Crippen LogP contribution is -2.05. The molecule has 6 heteroatoms. The van der Waals surface area contributed by atoms with E-state index in [4.69, 9.17) is 4.74 Å². The number of hydrogen-bond donors (Lipinski definition) is 1. The first kappa shape index (κ1) is 12.3. The molecule has 0 spiro atoms. The molecule has 6 nitrogen and oxygen atoms in total. The fourth-order valence-electron chi connectivity index (χ4n) is 1.75. The second-order valence-electron chi connectivity index (χ2n) is 4.07. The van der Waals surface area contributed by atoms with Crippen LogP contribution >= 0.6 is 0 Å². The minimum absolute atomic E-state index is 0.582. The Morgan fingerprint density at radius 1 is 1.28 bits per heavy atom. The van der Waals surface area contributed by atoms with Crippen molar-refractivity contribution in [2.75, 3.05) is 12.4 Å². The van der Waals surface area contributed by atoms with Gasteiger partial charge in [0.05, 0.1) is 25.2 Å². The number of methoxy groups -OCH3 is 1. The Morgan fingerprint density at radius 2 is 1.94 bits per heavy atom. The van der Waals surface area contributed by atoms with Gasteiger partial charge in [-0.25, -0.2) is 9.97 Å². The molecule has 0 aliphatic rings. The van der Waals surface area contributed by atoms with Gasteiger partial charge in [-0.05, 0) is 13.8 Å². The topological polar surface area (TPSA) is 64.9 Å². The number of aryl methyl sites for hydroxylation is 2. The maximum absolute atomic E-state index is 5.01. The van der Waals surface area contributed by atoms with E-state index in [1.165, 1.54) is 5.56 Å². The molecular formula is C12H17N5O. The summed E-state index contributed by atoms with van der Waals surface area (Å²) in [5.74, 6) is 1.23. The second-order valence-corrected chi connectivity index (χ2v) is 4.07. The predicted molar refractivity (Wildman–Crippen MR) is 68.6 cm³/mol.